The molecule has 63 heavy (non-hydrogen) atoms. The maximum atomic E-state index is 6.94. The lowest BCUT2D eigenvalue weighted by molar-refractivity contribution is 0.332. The molecule has 0 unspecified atom stereocenters. The molecule has 0 N–H and O–H groups in total. The monoisotopic (exact) mass is 854 g/mol. The van der Waals surface area contributed by atoms with Crippen molar-refractivity contribution in [3.05, 3.63) is 125 Å². The average molecular weight is 855 g/mol. The van der Waals surface area contributed by atoms with E-state index in [2.05, 4.69) is 169 Å². The Kier molecular flexibility index (Phi) is 6.88. The molecule has 4 aromatic heterocycles. The molecule has 2 aliphatic heterocycles. The van der Waals surface area contributed by atoms with Crippen molar-refractivity contribution in [3.8, 4) is 11.1 Å². The Morgan fingerprint density at radius 3 is 1.94 bits per heavy atom. The Labute approximate surface area is 377 Å². The molecule has 6 heterocycles. The van der Waals surface area contributed by atoms with Crippen molar-refractivity contribution in [2.24, 2.45) is 0 Å². The highest BCUT2D eigenvalue weighted by Gasteiger charge is 2.48. The van der Waals surface area contributed by atoms with E-state index >= 15 is 0 Å². The molecule has 6 aromatic carbocycles. The summed E-state index contributed by atoms with van der Waals surface area (Å²) in [5, 5.41) is 6.45. The Bertz CT molecular complexity index is 3730. The highest BCUT2D eigenvalue weighted by Crippen LogP contribution is 2.57. The fourth-order valence-electron chi connectivity index (χ4n) is 12.9. The number of nitrogens with zero attached hydrogens (tertiary/aromatic N) is 2. The summed E-state index contributed by atoms with van der Waals surface area (Å²) in [6.45, 7) is 22.1. The largest absolute Gasteiger partial charge is 0.454 e. The molecule has 0 spiro atoms. The van der Waals surface area contributed by atoms with Gasteiger partial charge in [0.05, 0.1) is 11.2 Å². The minimum atomic E-state index is -0.0458. The molecule has 0 radical (unpaired) electrons. The van der Waals surface area contributed by atoms with E-state index < -0.39 is 0 Å². The van der Waals surface area contributed by atoms with Gasteiger partial charge in [0.25, 0.3) is 0 Å². The third-order valence-electron chi connectivity index (χ3n) is 16.6. The Morgan fingerprint density at radius 2 is 1.19 bits per heavy atom. The number of hydrogen-bond donors (Lipinski definition) is 0. The normalized spacial score (nSPS) is 18.7. The molecule has 2 aliphatic carbocycles. The number of furan rings is 1. The van der Waals surface area contributed by atoms with E-state index in [1.165, 1.54) is 144 Å². The smallest absolute Gasteiger partial charge is 0.343 e. The van der Waals surface area contributed by atoms with E-state index in [-0.39, 0.29) is 28.5 Å². The number of benzene rings is 6. The fraction of sp³-hybridized carbons (Fsp3) is 0.298. The molecular weight excluding hydrogens is 804 g/mol. The van der Waals surface area contributed by atoms with Gasteiger partial charge in [-0.1, -0.05) is 104 Å². The van der Waals surface area contributed by atoms with Crippen LogP contribution >= 0.6 is 22.7 Å². The Balaban J connectivity index is 1.21. The molecule has 10 aromatic rings. The molecular formula is C57H51BN2OS2. The number of thiophene rings is 2. The Hall–Kier alpha value is -5.30. The quantitative estimate of drug-likeness (QED) is 0.153. The van der Waals surface area contributed by atoms with Crippen LogP contribution in [-0.2, 0) is 21.7 Å². The highest BCUT2D eigenvalue weighted by molar-refractivity contribution is 7.32. The lowest BCUT2D eigenvalue weighted by atomic mass is 9.48. The highest BCUT2D eigenvalue weighted by atomic mass is 32.1. The van der Waals surface area contributed by atoms with Gasteiger partial charge < -0.3 is 13.8 Å². The number of para-hydroxylation sites is 2. The van der Waals surface area contributed by atoms with Crippen molar-refractivity contribution in [3.63, 3.8) is 0 Å². The van der Waals surface area contributed by atoms with Crippen molar-refractivity contribution >= 4 is 120 Å². The molecule has 0 saturated heterocycles. The number of aryl methyl sites for hydroxylation is 1. The first-order chi connectivity index (χ1) is 30.1. The summed E-state index contributed by atoms with van der Waals surface area (Å²) in [6.07, 6.45) is 4.76. The first-order valence-electron chi connectivity index (χ1n) is 23.1. The van der Waals surface area contributed by atoms with E-state index in [4.69, 9.17) is 4.42 Å². The van der Waals surface area contributed by atoms with Crippen LogP contribution in [0.15, 0.2) is 101 Å². The van der Waals surface area contributed by atoms with Gasteiger partial charge in [0, 0.05) is 73.8 Å². The standard InChI is InChI=1S/C57H51BN2OS2/c1-30-25-37-39(56(6,7)23-21-54(37,2)3)28-41(30)59-42-27-35-31-15-11-13-20-44(31)62-52(35)46-33-17-14-18-34-48(33)60(49-32-16-10-12-19-43(32)61-51(34)49)58(47(42)46)53-50(59)36-26-38-40(29-45(36)63-53)57(8,9)24-22-55(38,4)5/h10-20,25-29H,21-24H2,1-9H3. The van der Waals surface area contributed by atoms with Gasteiger partial charge in [-0.25, -0.2) is 0 Å². The van der Waals surface area contributed by atoms with Gasteiger partial charge in [-0.3, -0.25) is 0 Å². The van der Waals surface area contributed by atoms with Crippen molar-refractivity contribution in [1.82, 2.24) is 4.48 Å². The predicted octanol–water partition coefficient (Wildman–Crippen LogP) is 15.5. The number of anilines is 3. The molecule has 0 saturated carbocycles. The van der Waals surface area contributed by atoms with Crippen molar-refractivity contribution in [2.75, 3.05) is 4.90 Å². The maximum absolute atomic E-state index is 6.94. The summed E-state index contributed by atoms with van der Waals surface area (Å²) in [4.78, 5) is 2.77. The minimum Gasteiger partial charge on any atom is -0.454 e. The predicted molar refractivity (Wildman–Crippen MR) is 273 cm³/mol. The van der Waals surface area contributed by atoms with Crippen LogP contribution in [0.4, 0.5) is 17.1 Å². The molecule has 0 atom stereocenters. The van der Waals surface area contributed by atoms with Crippen LogP contribution in [0, 0.1) is 6.92 Å². The van der Waals surface area contributed by atoms with Gasteiger partial charge in [0.2, 0.25) is 0 Å². The number of aromatic nitrogens is 1. The molecule has 310 valence electrons. The second-order valence-corrected chi connectivity index (χ2v) is 24.3. The van der Waals surface area contributed by atoms with Gasteiger partial charge >= 0.3 is 6.85 Å². The lowest BCUT2D eigenvalue weighted by Crippen LogP contribution is -2.55. The summed E-state index contributed by atoms with van der Waals surface area (Å²) >= 11 is 4.01. The molecule has 3 nitrogen and oxygen atoms in total. The topological polar surface area (TPSA) is 21.3 Å². The first kappa shape index (κ1) is 37.1. The summed E-state index contributed by atoms with van der Waals surface area (Å²) < 4.78 is 15.2. The van der Waals surface area contributed by atoms with Gasteiger partial charge in [0.1, 0.15) is 5.58 Å². The maximum Gasteiger partial charge on any atom is 0.343 e. The zero-order chi connectivity index (χ0) is 42.9. The van der Waals surface area contributed by atoms with Crippen molar-refractivity contribution in [2.45, 2.75) is 110 Å². The molecule has 14 rings (SSSR count). The number of fused-ring (bicyclic) bond motifs is 17. The molecule has 0 bridgehead atoms. The summed E-state index contributed by atoms with van der Waals surface area (Å²) in [7, 11) is 0. The van der Waals surface area contributed by atoms with Crippen LogP contribution in [0.25, 0.3) is 74.4 Å². The minimum absolute atomic E-state index is 0.0458. The van der Waals surface area contributed by atoms with Crippen LogP contribution in [0.5, 0.6) is 0 Å². The van der Waals surface area contributed by atoms with Gasteiger partial charge in [-0.05, 0) is 136 Å². The molecule has 6 heteroatoms. The molecule has 4 aliphatic rings. The van der Waals surface area contributed by atoms with Crippen LogP contribution < -0.4 is 15.1 Å². The van der Waals surface area contributed by atoms with Crippen LogP contribution in [-0.4, -0.2) is 11.3 Å². The SMILES string of the molecule is Cc1cc2c(cc1N1c3cc4c(sc5ccccc54)c4c3B(c3sc5cc6c(cc5c31)C(C)(C)CCC6(C)C)n1c3c-4cccc3c3oc4ccccc4c31)C(C)(C)CCC2(C)C. The van der Waals surface area contributed by atoms with Crippen molar-refractivity contribution in [1.29, 1.82) is 0 Å². The zero-order valence-electron chi connectivity index (χ0n) is 37.8. The van der Waals surface area contributed by atoms with Crippen LogP contribution in [0.3, 0.4) is 0 Å². The second-order valence-electron chi connectivity index (χ2n) is 22.2. The number of rotatable bonds is 1. The van der Waals surface area contributed by atoms with E-state index in [0.717, 1.165) is 11.2 Å². The fourth-order valence-corrected chi connectivity index (χ4v) is 15.4. The Morgan fingerprint density at radius 1 is 0.556 bits per heavy atom. The first-order valence-corrected chi connectivity index (χ1v) is 24.8. The van der Waals surface area contributed by atoms with Crippen LogP contribution in [0.1, 0.15) is 109 Å². The van der Waals surface area contributed by atoms with E-state index in [0.29, 0.717) is 0 Å². The van der Waals surface area contributed by atoms with Crippen molar-refractivity contribution < 1.29 is 4.42 Å². The summed E-state index contributed by atoms with van der Waals surface area (Å²) in [5.41, 5.74) is 20.3. The molecule has 0 fully saturated rings. The van der Waals surface area contributed by atoms with E-state index in [9.17, 15) is 0 Å². The van der Waals surface area contributed by atoms with Gasteiger partial charge in [-0.2, -0.15) is 0 Å². The summed E-state index contributed by atoms with van der Waals surface area (Å²) in [5.74, 6) is 0. The van der Waals surface area contributed by atoms with Gasteiger partial charge in [0.15, 0.2) is 5.58 Å². The molecule has 0 amide bonds. The van der Waals surface area contributed by atoms with Gasteiger partial charge in [-0.15, -0.1) is 22.7 Å². The summed E-state index contributed by atoms with van der Waals surface area (Å²) in [6, 6.07) is 37.9. The number of hydrogen-bond acceptors (Lipinski definition) is 4. The third-order valence-corrected chi connectivity index (χ3v) is 19.0. The lowest BCUT2D eigenvalue weighted by Gasteiger charge is -2.44. The average Bonchev–Trinajstić information content (AvgIpc) is 4.01. The third kappa shape index (κ3) is 4.57. The van der Waals surface area contributed by atoms with E-state index in [1.54, 1.807) is 0 Å². The van der Waals surface area contributed by atoms with Crippen LogP contribution in [0.2, 0.25) is 0 Å². The van der Waals surface area contributed by atoms with E-state index in [1.807, 2.05) is 22.7 Å². The second kappa shape index (κ2) is 11.7. The zero-order valence-corrected chi connectivity index (χ0v) is 39.4.